The minimum absolute atomic E-state index is 0.0761. The van der Waals surface area contributed by atoms with E-state index in [2.05, 4.69) is 5.32 Å². The van der Waals surface area contributed by atoms with E-state index in [4.69, 9.17) is 9.84 Å². The predicted octanol–water partition coefficient (Wildman–Crippen LogP) is 4.24. The second kappa shape index (κ2) is 5.99. The van der Waals surface area contributed by atoms with Crippen molar-refractivity contribution in [3.05, 3.63) is 29.3 Å². The van der Waals surface area contributed by atoms with Gasteiger partial charge >= 0.3 is 18.2 Å². The summed E-state index contributed by atoms with van der Waals surface area (Å²) in [7, 11) is 0. The van der Waals surface area contributed by atoms with Crippen molar-refractivity contribution < 1.29 is 32.6 Å². The maximum atomic E-state index is 12.9. The number of carbonyl (C=O) groups excluding carboxylic acids is 1. The third-order valence-electron chi connectivity index (χ3n) is 3.52. The van der Waals surface area contributed by atoms with Gasteiger partial charge in [0.2, 0.25) is 0 Å². The quantitative estimate of drug-likeness (QED) is 0.859. The number of carboxylic acids is 1. The van der Waals surface area contributed by atoms with Crippen LogP contribution in [0.5, 0.6) is 0 Å². The summed E-state index contributed by atoms with van der Waals surface area (Å²) in [5, 5.41) is 11.3. The van der Waals surface area contributed by atoms with E-state index in [1.54, 1.807) is 20.8 Å². The molecule has 0 radical (unpaired) electrons. The van der Waals surface area contributed by atoms with Gasteiger partial charge in [-0.2, -0.15) is 13.2 Å². The number of alkyl halides is 3. The SMILES string of the molecule is CC(C)(C)OC(=O)Nc1cc(C(F)(F)F)ccc1[C@@H]1C[C@H]1C(=O)O. The number of benzene rings is 1. The molecule has 1 aromatic carbocycles. The lowest BCUT2D eigenvalue weighted by Gasteiger charge is -2.21. The van der Waals surface area contributed by atoms with E-state index in [9.17, 15) is 22.8 Å². The molecule has 8 heteroatoms. The lowest BCUT2D eigenvalue weighted by molar-refractivity contribution is -0.139. The first kappa shape index (κ1) is 18.1. The zero-order chi connectivity index (χ0) is 18.3. The summed E-state index contributed by atoms with van der Waals surface area (Å²) in [6, 6.07) is 2.90. The highest BCUT2D eigenvalue weighted by Crippen LogP contribution is 2.50. The molecular weight excluding hydrogens is 327 g/mol. The largest absolute Gasteiger partial charge is 0.481 e. The Labute approximate surface area is 136 Å². The van der Waals surface area contributed by atoms with E-state index >= 15 is 0 Å². The first-order valence-electron chi connectivity index (χ1n) is 7.32. The van der Waals surface area contributed by atoms with Gasteiger partial charge in [-0.25, -0.2) is 4.79 Å². The van der Waals surface area contributed by atoms with Gasteiger partial charge in [0.25, 0.3) is 0 Å². The lowest BCUT2D eigenvalue weighted by atomic mass is 10.0. The lowest BCUT2D eigenvalue weighted by Crippen LogP contribution is -2.27. The fraction of sp³-hybridized carbons (Fsp3) is 0.500. The average molecular weight is 345 g/mol. The smallest absolute Gasteiger partial charge is 0.416 e. The van der Waals surface area contributed by atoms with E-state index in [-0.39, 0.29) is 5.69 Å². The van der Waals surface area contributed by atoms with Gasteiger partial charge in [0.1, 0.15) is 5.60 Å². The fourth-order valence-electron chi connectivity index (χ4n) is 2.39. The summed E-state index contributed by atoms with van der Waals surface area (Å²) in [6.45, 7) is 4.88. The molecule has 0 aliphatic heterocycles. The van der Waals surface area contributed by atoms with Crippen molar-refractivity contribution in [1.82, 2.24) is 0 Å². The Morgan fingerprint density at radius 2 is 1.88 bits per heavy atom. The third-order valence-corrected chi connectivity index (χ3v) is 3.52. The molecule has 0 spiro atoms. The molecule has 0 saturated heterocycles. The van der Waals surface area contributed by atoms with Gasteiger partial charge in [-0.3, -0.25) is 10.1 Å². The predicted molar refractivity (Wildman–Crippen MR) is 79.8 cm³/mol. The maximum Gasteiger partial charge on any atom is 0.416 e. The van der Waals surface area contributed by atoms with Crippen LogP contribution in [0.3, 0.4) is 0 Å². The second-order valence-electron chi connectivity index (χ2n) is 6.71. The van der Waals surface area contributed by atoms with E-state index in [0.717, 1.165) is 12.1 Å². The standard InChI is InChI=1S/C16H18F3NO4/c1-15(2,3)24-14(23)20-12-6-8(16(17,18)19)4-5-9(12)10-7-11(10)13(21)22/h4-6,10-11H,7H2,1-3H3,(H,20,23)(H,21,22)/t10-,11+/m0/s1. The van der Waals surface area contributed by atoms with Crippen LogP contribution in [0.2, 0.25) is 0 Å². The van der Waals surface area contributed by atoms with Crippen LogP contribution >= 0.6 is 0 Å². The first-order chi connectivity index (χ1) is 10.9. The number of halogens is 3. The van der Waals surface area contributed by atoms with Gasteiger partial charge in [-0.1, -0.05) is 6.07 Å². The number of aliphatic carboxylic acids is 1. The van der Waals surface area contributed by atoms with Gasteiger partial charge < -0.3 is 9.84 Å². The minimum atomic E-state index is -4.57. The number of carboxylic acid groups (broad SMARTS) is 1. The van der Waals surface area contributed by atoms with Crippen molar-refractivity contribution in [3.63, 3.8) is 0 Å². The number of carbonyl (C=O) groups is 2. The zero-order valence-corrected chi connectivity index (χ0v) is 13.4. The van der Waals surface area contributed by atoms with Gasteiger partial charge in [-0.15, -0.1) is 0 Å². The van der Waals surface area contributed by atoms with Gasteiger partial charge in [0.05, 0.1) is 11.5 Å². The first-order valence-corrected chi connectivity index (χ1v) is 7.32. The number of anilines is 1. The molecular formula is C16H18F3NO4. The normalized spacial score (nSPS) is 20.4. The van der Waals surface area contributed by atoms with Crippen LogP contribution in [0, 0.1) is 5.92 Å². The number of rotatable bonds is 3. The Balaban J connectivity index is 2.31. The molecule has 0 bridgehead atoms. The number of hydrogen-bond acceptors (Lipinski definition) is 3. The molecule has 1 saturated carbocycles. The third kappa shape index (κ3) is 4.39. The summed E-state index contributed by atoms with van der Waals surface area (Å²) in [5.74, 6) is -2.08. The Bertz CT molecular complexity index is 664. The molecule has 132 valence electrons. The Kier molecular flexibility index (Phi) is 4.52. The number of amides is 1. The highest BCUT2D eigenvalue weighted by atomic mass is 19.4. The highest BCUT2D eigenvalue weighted by molar-refractivity contribution is 5.87. The summed E-state index contributed by atoms with van der Waals surface area (Å²) in [5.41, 5.74) is -1.45. The van der Waals surface area contributed by atoms with Crippen LogP contribution in [0.1, 0.15) is 44.2 Å². The molecule has 5 nitrogen and oxygen atoms in total. The zero-order valence-electron chi connectivity index (χ0n) is 13.4. The molecule has 24 heavy (non-hydrogen) atoms. The summed E-state index contributed by atoms with van der Waals surface area (Å²) < 4.78 is 43.7. The molecule has 1 aliphatic rings. The maximum absolute atomic E-state index is 12.9. The van der Waals surface area contributed by atoms with Crippen LogP contribution in [-0.2, 0) is 15.7 Å². The van der Waals surface area contributed by atoms with Crippen molar-refractivity contribution in [2.75, 3.05) is 5.32 Å². The van der Waals surface area contributed by atoms with Gasteiger partial charge in [0, 0.05) is 11.6 Å². The van der Waals surface area contributed by atoms with Crippen LogP contribution in [0.15, 0.2) is 18.2 Å². The molecule has 0 aromatic heterocycles. The molecule has 1 fully saturated rings. The molecule has 0 heterocycles. The summed E-state index contributed by atoms with van der Waals surface area (Å²) in [4.78, 5) is 22.9. The van der Waals surface area contributed by atoms with Gasteiger partial charge in [-0.05, 0) is 44.9 Å². The van der Waals surface area contributed by atoms with Crippen LogP contribution in [-0.4, -0.2) is 22.8 Å². The molecule has 1 aliphatic carbocycles. The van der Waals surface area contributed by atoms with Crippen LogP contribution < -0.4 is 5.32 Å². The summed E-state index contributed by atoms with van der Waals surface area (Å²) in [6.07, 6.45) is -5.14. The number of ether oxygens (including phenoxy) is 1. The van der Waals surface area contributed by atoms with Crippen LogP contribution in [0.4, 0.5) is 23.7 Å². The van der Waals surface area contributed by atoms with E-state index in [1.165, 1.54) is 6.07 Å². The molecule has 0 unspecified atom stereocenters. The molecule has 1 aromatic rings. The molecule has 2 atom stereocenters. The minimum Gasteiger partial charge on any atom is -0.481 e. The number of hydrogen-bond donors (Lipinski definition) is 2. The van der Waals surface area contributed by atoms with Gasteiger partial charge in [0.15, 0.2) is 0 Å². The Hall–Kier alpha value is -2.25. The monoisotopic (exact) mass is 345 g/mol. The number of nitrogens with one attached hydrogen (secondary N) is 1. The van der Waals surface area contributed by atoms with Crippen molar-refractivity contribution >= 4 is 17.7 Å². The summed E-state index contributed by atoms with van der Waals surface area (Å²) >= 11 is 0. The fourth-order valence-corrected chi connectivity index (χ4v) is 2.39. The topological polar surface area (TPSA) is 75.6 Å². The van der Waals surface area contributed by atoms with E-state index in [1.807, 2.05) is 0 Å². The van der Waals surface area contributed by atoms with Crippen LogP contribution in [0.25, 0.3) is 0 Å². The highest BCUT2D eigenvalue weighted by Gasteiger charge is 2.46. The average Bonchev–Trinajstić information content (AvgIpc) is 3.15. The molecule has 1 amide bonds. The Morgan fingerprint density at radius 3 is 2.33 bits per heavy atom. The van der Waals surface area contributed by atoms with Crippen molar-refractivity contribution in [1.29, 1.82) is 0 Å². The Morgan fingerprint density at radius 1 is 1.25 bits per heavy atom. The second-order valence-corrected chi connectivity index (χ2v) is 6.71. The molecule has 2 rings (SSSR count). The van der Waals surface area contributed by atoms with Crippen molar-refractivity contribution in [3.8, 4) is 0 Å². The van der Waals surface area contributed by atoms with E-state index < -0.39 is 41.2 Å². The van der Waals surface area contributed by atoms with E-state index in [0.29, 0.717) is 12.0 Å². The van der Waals surface area contributed by atoms with Crippen molar-refractivity contribution in [2.45, 2.75) is 44.9 Å². The molecule has 2 N–H and O–H groups in total. The van der Waals surface area contributed by atoms with Crippen molar-refractivity contribution in [2.24, 2.45) is 5.92 Å².